The van der Waals surface area contributed by atoms with Crippen LogP contribution in [0, 0.1) is 17.3 Å². The molecule has 0 radical (unpaired) electrons. The molecule has 2 heterocycles. The number of rotatable bonds is 5. The third kappa shape index (κ3) is 2.84. The largest absolute Gasteiger partial charge is 0.377 e. The summed E-state index contributed by atoms with van der Waals surface area (Å²) in [5.41, 5.74) is 0.254. The van der Waals surface area contributed by atoms with Crippen molar-refractivity contribution < 1.29 is 9.53 Å². The Labute approximate surface area is 145 Å². The molecule has 0 aromatic heterocycles. The van der Waals surface area contributed by atoms with Crippen molar-refractivity contribution in [2.24, 2.45) is 17.3 Å². The molecule has 0 unspecified atom stereocenters. The highest BCUT2D eigenvalue weighted by molar-refractivity contribution is 5.74. The molecule has 5 nitrogen and oxygen atoms in total. The first-order chi connectivity index (χ1) is 11.7. The normalized spacial score (nSPS) is 37.4. The van der Waals surface area contributed by atoms with Crippen molar-refractivity contribution in [3.05, 3.63) is 0 Å². The second kappa shape index (κ2) is 6.83. The van der Waals surface area contributed by atoms with Crippen LogP contribution in [0.15, 0.2) is 0 Å². The molecule has 4 rings (SSSR count). The number of carbonyl (C=O) groups excluding carboxylic acids is 1. The number of nitrogens with zero attached hydrogens (tertiary/aromatic N) is 1. The highest BCUT2D eigenvalue weighted by Crippen LogP contribution is 2.60. The molecule has 0 aromatic rings. The number of urea groups is 1. The van der Waals surface area contributed by atoms with Gasteiger partial charge in [-0.25, -0.2) is 4.79 Å². The van der Waals surface area contributed by atoms with Crippen molar-refractivity contribution in [1.29, 1.82) is 0 Å². The summed E-state index contributed by atoms with van der Waals surface area (Å²) in [7, 11) is 0. The number of ether oxygens (including phenoxy) is 1. The molecule has 2 saturated carbocycles. The highest BCUT2D eigenvalue weighted by atomic mass is 16.5. The minimum absolute atomic E-state index is 0.0468. The number of nitrogens with one attached hydrogen (secondary N) is 2. The third-order valence-electron chi connectivity index (χ3n) is 7.03. The average molecular weight is 335 g/mol. The second-order valence-electron chi connectivity index (χ2n) is 8.47. The van der Waals surface area contributed by atoms with Gasteiger partial charge in [0.25, 0.3) is 0 Å². The fraction of sp³-hybridized carbons (Fsp3) is 0.947. The van der Waals surface area contributed by atoms with Crippen LogP contribution in [0.1, 0.15) is 51.9 Å². The zero-order valence-electron chi connectivity index (χ0n) is 15.1. The van der Waals surface area contributed by atoms with Gasteiger partial charge >= 0.3 is 6.03 Å². The summed E-state index contributed by atoms with van der Waals surface area (Å²) in [5, 5.41) is 6.49. The van der Waals surface area contributed by atoms with Crippen LogP contribution in [0.3, 0.4) is 0 Å². The van der Waals surface area contributed by atoms with E-state index in [2.05, 4.69) is 22.5 Å². The maximum atomic E-state index is 12.5. The lowest BCUT2D eigenvalue weighted by Crippen LogP contribution is -2.69. The van der Waals surface area contributed by atoms with Gasteiger partial charge in [-0.05, 0) is 51.1 Å². The molecular formula is C19H33N3O2. The van der Waals surface area contributed by atoms with Gasteiger partial charge in [0.15, 0.2) is 0 Å². The van der Waals surface area contributed by atoms with Crippen molar-refractivity contribution in [1.82, 2.24) is 15.5 Å². The molecule has 0 aromatic carbocycles. The van der Waals surface area contributed by atoms with E-state index in [0.29, 0.717) is 24.0 Å². The van der Waals surface area contributed by atoms with Gasteiger partial charge in [-0.3, -0.25) is 0 Å². The van der Waals surface area contributed by atoms with Crippen molar-refractivity contribution in [2.75, 3.05) is 32.8 Å². The lowest BCUT2D eigenvalue weighted by atomic mass is 9.54. The predicted molar refractivity (Wildman–Crippen MR) is 93.9 cm³/mol. The second-order valence-corrected chi connectivity index (χ2v) is 8.47. The van der Waals surface area contributed by atoms with E-state index in [-0.39, 0.29) is 11.4 Å². The van der Waals surface area contributed by atoms with Crippen LogP contribution in [-0.2, 0) is 4.74 Å². The zero-order chi connectivity index (χ0) is 16.6. The molecule has 4 aliphatic rings. The average Bonchev–Trinajstić information content (AvgIpc) is 3.30. The predicted octanol–water partition coefficient (Wildman–Crippen LogP) is 2.37. The molecule has 2 amide bonds. The molecular weight excluding hydrogens is 302 g/mol. The quantitative estimate of drug-likeness (QED) is 0.811. The Bertz CT molecular complexity index is 464. The minimum Gasteiger partial charge on any atom is -0.377 e. The standard InChI is InChI=1S/C19H33N3O2/c1-2-9-22-10-5-14(13-22)12-20-18(23)21-16-15-6-11-24-17(15)19(16)7-3-4-8-19/h14-17H,2-13H2,1H3,(H2,20,21,23)/t14-,15+,16-,17-/m1/s1. The smallest absolute Gasteiger partial charge is 0.315 e. The van der Waals surface area contributed by atoms with E-state index < -0.39 is 0 Å². The van der Waals surface area contributed by atoms with Gasteiger partial charge in [0.1, 0.15) is 0 Å². The Morgan fingerprint density at radius 1 is 1.29 bits per heavy atom. The lowest BCUT2D eigenvalue weighted by Gasteiger charge is -2.56. The lowest BCUT2D eigenvalue weighted by molar-refractivity contribution is -0.126. The van der Waals surface area contributed by atoms with Gasteiger partial charge in [0, 0.05) is 37.1 Å². The first-order valence-electron chi connectivity index (χ1n) is 10.1. The van der Waals surface area contributed by atoms with Gasteiger partial charge in [-0.1, -0.05) is 19.8 Å². The Kier molecular flexibility index (Phi) is 4.74. The monoisotopic (exact) mass is 335 g/mol. The van der Waals surface area contributed by atoms with Crippen LogP contribution in [0.4, 0.5) is 4.79 Å². The van der Waals surface area contributed by atoms with Gasteiger partial charge in [-0.2, -0.15) is 0 Å². The molecule has 2 aliphatic heterocycles. The summed E-state index contributed by atoms with van der Waals surface area (Å²) in [6.07, 6.45) is 9.01. The van der Waals surface area contributed by atoms with Gasteiger partial charge in [0.2, 0.25) is 0 Å². The Balaban J connectivity index is 1.26. The molecule has 24 heavy (non-hydrogen) atoms. The number of hydrogen-bond acceptors (Lipinski definition) is 3. The molecule has 4 atom stereocenters. The molecule has 2 aliphatic carbocycles. The topological polar surface area (TPSA) is 53.6 Å². The summed E-state index contributed by atoms with van der Waals surface area (Å²) in [4.78, 5) is 15.0. The maximum Gasteiger partial charge on any atom is 0.315 e. The van der Waals surface area contributed by atoms with Crippen LogP contribution in [-0.4, -0.2) is 55.9 Å². The Hall–Kier alpha value is -0.810. The van der Waals surface area contributed by atoms with Crippen LogP contribution in [0.5, 0.6) is 0 Å². The van der Waals surface area contributed by atoms with Crippen molar-refractivity contribution >= 4 is 6.03 Å². The first-order valence-corrected chi connectivity index (χ1v) is 10.1. The summed E-state index contributed by atoms with van der Waals surface area (Å²) in [6.45, 7) is 7.45. The third-order valence-corrected chi connectivity index (χ3v) is 7.03. The molecule has 4 fully saturated rings. The van der Waals surface area contributed by atoms with E-state index >= 15 is 0 Å². The number of carbonyl (C=O) groups is 1. The summed E-state index contributed by atoms with van der Waals surface area (Å²) in [5.74, 6) is 1.17. The van der Waals surface area contributed by atoms with Crippen molar-refractivity contribution in [3.8, 4) is 0 Å². The number of likely N-dealkylation sites (tertiary alicyclic amines) is 1. The molecule has 2 saturated heterocycles. The van der Waals surface area contributed by atoms with E-state index in [1.807, 2.05) is 0 Å². The van der Waals surface area contributed by atoms with Gasteiger partial charge < -0.3 is 20.3 Å². The van der Waals surface area contributed by atoms with Crippen molar-refractivity contribution in [2.45, 2.75) is 64.0 Å². The van der Waals surface area contributed by atoms with Crippen LogP contribution < -0.4 is 10.6 Å². The fourth-order valence-corrected chi connectivity index (χ4v) is 5.93. The number of hydrogen-bond donors (Lipinski definition) is 2. The first kappa shape index (κ1) is 16.6. The minimum atomic E-state index is 0.0468. The van der Waals surface area contributed by atoms with Gasteiger partial charge in [0.05, 0.1) is 6.10 Å². The van der Waals surface area contributed by atoms with E-state index in [1.54, 1.807) is 0 Å². The van der Waals surface area contributed by atoms with Crippen LogP contribution in [0.25, 0.3) is 0 Å². The van der Waals surface area contributed by atoms with Crippen LogP contribution in [0.2, 0.25) is 0 Å². The molecule has 0 bridgehead atoms. The molecule has 2 N–H and O–H groups in total. The van der Waals surface area contributed by atoms with E-state index in [4.69, 9.17) is 4.74 Å². The van der Waals surface area contributed by atoms with E-state index in [0.717, 1.165) is 26.1 Å². The Morgan fingerprint density at radius 2 is 2.12 bits per heavy atom. The van der Waals surface area contributed by atoms with E-state index in [1.165, 1.54) is 51.6 Å². The van der Waals surface area contributed by atoms with Crippen molar-refractivity contribution in [3.63, 3.8) is 0 Å². The maximum absolute atomic E-state index is 12.5. The summed E-state index contributed by atoms with van der Waals surface area (Å²) in [6, 6.07) is 0.387. The Morgan fingerprint density at radius 3 is 2.92 bits per heavy atom. The number of amides is 2. The van der Waals surface area contributed by atoms with E-state index in [9.17, 15) is 4.79 Å². The molecule has 1 spiro atoms. The fourth-order valence-electron chi connectivity index (χ4n) is 5.93. The molecule has 5 heteroatoms. The summed E-state index contributed by atoms with van der Waals surface area (Å²) >= 11 is 0. The SMILES string of the molecule is CCCN1CC[C@H](CNC(=O)N[C@@H]2[C@@H]3CCO[C@H]3C23CCCC3)C1. The van der Waals surface area contributed by atoms with Crippen LogP contribution >= 0.6 is 0 Å². The molecule has 136 valence electrons. The van der Waals surface area contributed by atoms with Gasteiger partial charge in [-0.15, -0.1) is 0 Å². The number of fused-ring (bicyclic) bond motifs is 2. The highest BCUT2D eigenvalue weighted by Gasteiger charge is 2.65. The zero-order valence-corrected chi connectivity index (χ0v) is 15.1. The summed E-state index contributed by atoms with van der Waals surface area (Å²) < 4.78 is 6.00.